The third-order valence-electron chi connectivity index (χ3n) is 3.69. The Bertz CT molecular complexity index is 985. The van der Waals surface area contributed by atoms with Crippen LogP contribution in [0.5, 0.6) is 0 Å². The van der Waals surface area contributed by atoms with E-state index in [-0.39, 0.29) is 11.7 Å². The molecule has 0 bridgehead atoms. The van der Waals surface area contributed by atoms with Crippen LogP contribution in [0.2, 0.25) is 15.1 Å². The van der Waals surface area contributed by atoms with Crippen molar-refractivity contribution in [1.82, 2.24) is 14.8 Å². The Balaban J connectivity index is 1.74. The molecular weight excluding hydrogens is 439 g/mol. The highest BCUT2D eigenvalue weighted by molar-refractivity contribution is 7.99. The zero-order valence-electron chi connectivity index (χ0n) is 14.5. The molecule has 9 heteroatoms. The lowest BCUT2D eigenvalue weighted by atomic mass is 10.2. The van der Waals surface area contributed by atoms with E-state index in [9.17, 15) is 4.79 Å². The van der Waals surface area contributed by atoms with Gasteiger partial charge in [0.2, 0.25) is 5.91 Å². The summed E-state index contributed by atoms with van der Waals surface area (Å²) in [6.07, 6.45) is 1.75. The summed E-state index contributed by atoms with van der Waals surface area (Å²) >= 11 is 19.4. The number of para-hydroxylation sites is 1. The second kappa shape index (κ2) is 9.47. The molecule has 0 fully saturated rings. The molecular formula is C19H15Cl3N4OS. The summed E-state index contributed by atoms with van der Waals surface area (Å²) in [6, 6.07) is 12.4. The average molecular weight is 454 g/mol. The molecule has 0 spiro atoms. The van der Waals surface area contributed by atoms with Crippen LogP contribution in [-0.2, 0) is 11.3 Å². The Hall–Kier alpha value is -1.99. The molecule has 0 saturated heterocycles. The maximum Gasteiger partial charge on any atom is 0.234 e. The van der Waals surface area contributed by atoms with Crippen molar-refractivity contribution < 1.29 is 4.79 Å². The van der Waals surface area contributed by atoms with Gasteiger partial charge in [-0.05, 0) is 36.4 Å². The molecule has 3 rings (SSSR count). The van der Waals surface area contributed by atoms with Gasteiger partial charge < -0.3 is 5.32 Å². The van der Waals surface area contributed by atoms with Gasteiger partial charge in [-0.3, -0.25) is 9.36 Å². The van der Waals surface area contributed by atoms with Gasteiger partial charge in [-0.25, -0.2) is 0 Å². The number of carbonyl (C=O) groups is 1. The van der Waals surface area contributed by atoms with Gasteiger partial charge in [-0.15, -0.1) is 16.8 Å². The largest absolute Gasteiger partial charge is 0.323 e. The fourth-order valence-corrected chi connectivity index (χ4v) is 3.79. The SMILES string of the molecule is C=CCn1c(SCC(=O)Nc2c(Cl)cccc2Cl)nnc1-c1ccc(Cl)cc1. The quantitative estimate of drug-likeness (QED) is 0.361. The predicted octanol–water partition coefficient (Wildman–Crippen LogP) is 5.82. The number of allylic oxidation sites excluding steroid dienone is 1. The molecule has 2 aromatic carbocycles. The standard InChI is InChI=1S/C19H15Cl3N4OS/c1-2-10-26-18(12-6-8-13(20)9-7-12)24-25-19(26)28-11-16(27)23-17-14(21)4-3-5-15(17)22/h2-9H,1,10-11H2,(H,23,27). The molecule has 5 nitrogen and oxygen atoms in total. The van der Waals surface area contributed by atoms with Gasteiger partial charge >= 0.3 is 0 Å². The maximum atomic E-state index is 12.3. The van der Waals surface area contributed by atoms with Gasteiger partial charge in [-0.1, -0.05) is 58.7 Å². The van der Waals surface area contributed by atoms with Crippen molar-refractivity contribution in [2.45, 2.75) is 11.7 Å². The summed E-state index contributed by atoms with van der Waals surface area (Å²) < 4.78 is 1.89. The lowest BCUT2D eigenvalue weighted by Gasteiger charge is -2.10. The Morgan fingerprint density at radius 1 is 1.11 bits per heavy atom. The van der Waals surface area contributed by atoms with Crippen molar-refractivity contribution in [1.29, 1.82) is 0 Å². The van der Waals surface area contributed by atoms with Crippen LogP contribution in [0.25, 0.3) is 11.4 Å². The molecule has 0 aliphatic rings. The molecule has 0 saturated carbocycles. The van der Waals surface area contributed by atoms with Crippen LogP contribution in [0.15, 0.2) is 60.3 Å². The Kier molecular flexibility index (Phi) is 7.02. The molecule has 0 aliphatic carbocycles. The Morgan fingerprint density at radius 3 is 2.43 bits per heavy atom. The minimum Gasteiger partial charge on any atom is -0.323 e. The molecule has 1 heterocycles. The smallest absolute Gasteiger partial charge is 0.234 e. The van der Waals surface area contributed by atoms with Crippen molar-refractivity contribution in [2.24, 2.45) is 0 Å². The number of aromatic nitrogens is 3. The molecule has 0 radical (unpaired) electrons. The van der Waals surface area contributed by atoms with Crippen molar-refractivity contribution >= 4 is 58.2 Å². The topological polar surface area (TPSA) is 59.8 Å². The number of carbonyl (C=O) groups excluding carboxylic acids is 1. The third-order valence-corrected chi connectivity index (χ3v) is 5.54. The average Bonchev–Trinajstić information content (AvgIpc) is 3.07. The zero-order valence-corrected chi connectivity index (χ0v) is 17.6. The van der Waals surface area contributed by atoms with E-state index in [1.54, 1.807) is 36.4 Å². The molecule has 3 aromatic rings. The highest BCUT2D eigenvalue weighted by Gasteiger charge is 2.16. The van der Waals surface area contributed by atoms with Gasteiger partial charge in [0.05, 0.1) is 21.5 Å². The number of amides is 1. The number of nitrogens with one attached hydrogen (secondary N) is 1. The number of anilines is 1. The monoisotopic (exact) mass is 452 g/mol. The number of hydrogen-bond acceptors (Lipinski definition) is 4. The van der Waals surface area contributed by atoms with E-state index in [0.29, 0.717) is 38.3 Å². The first-order chi connectivity index (χ1) is 13.5. The summed E-state index contributed by atoms with van der Waals surface area (Å²) in [7, 11) is 0. The molecule has 1 N–H and O–H groups in total. The second-order valence-corrected chi connectivity index (χ2v) is 7.84. The van der Waals surface area contributed by atoms with Crippen molar-refractivity contribution in [3.05, 3.63) is 70.2 Å². The van der Waals surface area contributed by atoms with Crippen LogP contribution >= 0.6 is 46.6 Å². The lowest BCUT2D eigenvalue weighted by molar-refractivity contribution is -0.113. The fraction of sp³-hybridized carbons (Fsp3) is 0.105. The summed E-state index contributed by atoms with van der Waals surface area (Å²) in [5.41, 5.74) is 1.27. The Morgan fingerprint density at radius 2 is 1.79 bits per heavy atom. The van der Waals surface area contributed by atoms with Crippen molar-refractivity contribution in [3.8, 4) is 11.4 Å². The number of rotatable bonds is 7. The van der Waals surface area contributed by atoms with E-state index in [4.69, 9.17) is 34.8 Å². The summed E-state index contributed by atoms with van der Waals surface area (Å²) in [6.45, 7) is 4.29. The molecule has 1 amide bonds. The summed E-state index contributed by atoms with van der Waals surface area (Å²) in [5, 5.41) is 13.2. The minimum atomic E-state index is -0.249. The fourth-order valence-electron chi connectivity index (χ4n) is 2.42. The number of nitrogens with zero attached hydrogens (tertiary/aromatic N) is 3. The van der Waals surface area contributed by atoms with E-state index in [1.165, 1.54) is 11.8 Å². The van der Waals surface area contributed by atoms with E-state index in [2.05, 4.69) is 22.1 Å². The molecule has 1 aromatic heterocycles. The first kappa shape index (κ1) is 20.7. The van der Waals surface area contributed by atoms with Crippen molar-refractivity contribution in [3.63, 3.8) is 0 Å². The first-order valence-electron chi connectivity index (χ1n) is 8.16. The van der Waals surface area contributed by atoms with Crippen LogP contribution in [0.4, 0.5) is 5.69 Å². The normalized spacial score (nSPS) is 10.7. The van der Waals surface area contributed by atoms with Crippen molar-refractivity contribution in [2.75, 3.05) is 11.1 Å². The van der Waals surface area contributed by atoms with E-state index in [0.717, 1.165) is 5.56 Å². The minimum absolute atomic E-state index is 0.122. The van der Waals surface area contributed by atoms with E-state index in [1.807, 2.05) is 16.7 Å². The van der Waals surface area contributed by atoms with E-state index < -0.39 is 0 Å². The number of hydrogen-bond donors (Lipinski definition) is 1. The molecule has 144 valence electrons. The maximum absolute atomic E-state index is 12.3. The van der Waals surface area contributed by atoms with Gasteiger partial charge in [0.25, 0.3) is 0 Å². The highest BCUT2D eigenvalue weighted by atomic mass is 35.5. The van der Waals surface area contributed by atoms with Crippen LogP contribution in [0, 0.1) is 0 Å². The van der Waals surface area contributed by atoms with Crippen LogP contribution in [-0.4, -0.2) is 26.4 Å². The predicted molar refractivity (Wildman–Crippen MR) is 116 cm³/mol. The van der Waals surface area contributed by atoms with Gasteiger partial charge in [0.1, 0.15) is 0 Å². The molecule has 28 heavy (non-hydrogen) atoms. The first-order valence-corrected chi connectivity index (χ1v) is 10.3. The van der Waals surface area contributed by atoms with Crippen LogP contribution in [0.1, 0.15) is 0 Å². The van der Waals surface area contributed by atoms with E-state index >= 15 is 0 Å². The van der Waals surface area contributed by atoms with Gasteiger partial charge in [0.15, 0.2) is 11.0 Å². The summed E-state index contributed by atoms with van der Waals surface area (Å²) in [4.78, 5) is 12.3. The van der Waals surface area contributed by atoms with Gasteiger partial charge in [-0.2, -0.15) is 0 Å². The third kappa shape index (κ3) is 4.89. The number of halogens is 3. The zero-order chi connectivity index (χ0) is 20.1. The van der Waals surface area contributed by atoms with Crippen LogP contribution < -0.4 is 5.32 Å². The Labute approximate surface area is 181 Å². The highest BCUT2D eigenvalue weighted by Crippen LogP contribution is 2.30. The summed E-state index contributed by atoms with van der Waals surface area (Å²) in [5.74, 6) is 0.548. The van der Waals surface area contributed by atoms with Gasteiger partial charge in [0, 0.05) is 17.1 Å². The molecule has 0 unspecified atom stereocenters. The van der Waals surface area contributed by atoms with Crippen LogP contribution in [0.3, 0.4) is 0 Å². The number of thioether (sulfide) groups is 1. The lowest BCUT2D eigenvalue weighted by Crippen LogP contribution is -2.15. The second-order valence-electron chi connectivity index (χ2n) is 5.65. The molecule has 0 aliphatic heterocycles. The number of benzene rings is 2. The molecule has 0 atom stereocenters.